The molecule has 4 nitrogen and oxygen atoms in total. The largest absolute Gasteiger partial charge is 0.458 e. The van der Waals surface area contributed by atoms with Crippen molar-refractivity contribution in [1.82, 2.24) is 9.13 Å². The van der Waals surface area contributed by atoms with Gasteiger partial charge in [0.2, 0.25) is 0 Å². The highest BCUT2D eigenvalue weighted by atomic mass is 16.5. The van der Waals surface area contributed by atoms with Gasteiger partial charge in [0.05, 0.1) is 27.8 Å². The predicted octanol–water partition coefficient (Wildman–Crippen LogP) is 20.5. The van der Waals surface area contributed by atoms with Crippen molar-refractivity contribution in [2.75, 3.05) is 4.90 Å². The second kappa shape index (κ2) is 19.6. The van der Waals surface area contributed by atoms with E-state index in [0.717, 1.165) is 84.2 Å². The van der Waals surface area contributed by atoms with Gasteiger partial charge in [0, 0.05) is 61.5 Å². The van der Waals surface area contributed by atoms with Gasteiger partial charge in [-0.15, -0.1) is 0 Å². The molecule has 15 rings (SSSR count). The normalized spacial score (nSPS) is 13.3. The molecule has 0 radical (unpaired) electrons. The van der Waals surface area contributed by atoms with Crippen LogP contribution in [-0.4, -0.2) is 15.8 Å². The zero-order chi connectivity index (χ0) is 60.1. The van der Waals surface area contributed by atoms with Gasteiger partial charge in [-0.1, -0.05) is 253 Å². The third-order valence-corrected chi connectivity index (χ3v) is 18.8. The molecule has 0 aliphatic carbocycles. The van der Waals surface area contributed by atoms with Crippen LogP contribution in [0.25, 0.3) is 88.4 Å². The molecule has 4 heterocycles. The fraction of sp³-hybridized carbons (Fsp3) is 0.195. The van der Waals surface area contributed by atoms with Gasteiger partial charge in [-0.25, -0.2) is 0 Å². The third-order valence-electron chi connectivity index (χ3n) is 18.8. The Labute approximate surface area is 513 Å². The molecule has 0 unspecified atom stereocenters. The molecule has 2 aromatic heterocycles. The van der Waals surface area contributed by atoms with E-state index in [0.29, 0.717) is 0 Å². The minimum absolute atomic E-state index is 0.0409. The van der Waals surface area contributed by atoms with Crippen molar-refractivity contribution in [2.45, 2.75) is 105 Å². The van der Waals surface area contributed by atoms with Crippen LogP contribution >= 0.6 is 0 Å². The first kappa shape index (κ1) is 54.3. The molecule has 0 bridgehead atoms. The monoisotopic (exact) mass is 1130 g/mol. The molecule has 2 aliphatic heterocycles. The minimum atomic E-state index is -0.182. The molecule has 0 saturated carbocycles. The van der Waals surface area contributed by atoms with Crippen LogP contribution in [0.4, 0.5) is 17.1 Å². The average molecular weight is 1130 g/mol. The summed E-state index contributed by atoms with van der Waals surface area (Å²) in [6.45, 7) is 27.6. The number of hydrogen-bond donors (Lipinski definition) is 0. The molecule has 13 aromatic rings. The van der Waals surface area contributed by atoms with Gasteiger partial charge in [0.15, 0.2) is 0 Å². The molecule has 2 aliphatic rings. The van der Waals surface area contributed by atoms with Crippen molar-refractivity contribution in [3.8, 4) is 56.3 Å². The predicted molar refractivity (Wildman–Crippen MR) is 372 cm³/mol. The first-order valence-electron chi connectivity index (χ1n) is 31.1. The van der Waals surface area contributed by atoms with Crippen LogP contribution in [0.15, 0.2) is 231 Å². The second-order valence-corrected chi connectivity index (χ2v) is 28.6. The van der Waals surface area contributed by atoms with E-state index in [1.165, 1.54) is 71.3 Å². The first-order chi connectivity index (χ1) is 41.7. The topological polar surface area (TPSA) is 22.3 Å². The first-order valence-corrected chi connectivity index (χ1v) is 31.1. The zero-order valence-electron chi connectivity index (χ0n) is 52.3. The van der Waals surface area contributed by atoms with Crippen LogP contribution in [0, 0.1) is 0 Å². The number of aromatic nitrogens is 2. The number of anilines is 3. The highest BCUT2D eigenvalue weighted by Crippen LogP contribution is 2.51. The van der Waals surface area contributed by atoms with Crippen molar-refractivity contribution >= 4 is 83.8 Å². The smallest absolute Gasteiger partial charge is 0.256 e. The van der Waals surface area contributed by atoms with Gasteiger partial charge in [0.1, 0.15) is 11.5 Å². The van der Waals surface area contributed by atoms with Gasteiger partial charge >= 0.3 is 0 Å². The van der Waals surface area contributed by atoms with E-state index in [4.69, 9.17) is 4.74 Å². The summed E-state index contributed by atoms with van der Waals surface area (Å²) in [5.74, 6) is 1.72. The maximum Gasteiger partial charge on any atom is 0.256 e. The van der Waals surface area contributed by atoms with Crippen molar-refractivity contribution in [3.05, 3.63) is 253 Å². The van der Waals surface area contributed by atoms with E-state index < -0.39 is 0 Å². The summed E-state index contributed by atoms with van der Waals surface area (Å²) in [6, 6.07) is 87.3. The summed E-state index contributed by atoms with van der Waals surface area (Å²) in [7, 11) is 0. The van der Waals surface area contributed by atoms with Crippen molar-refractivity contribution in [1.29, 1.82) is 0 Å². The number of ether oxygens (including phenoxy) is 1. The zero-order valence-corrected chi connectivity index (χ0v) is 52.3. The van der Waals surface area contributed by atoms with Gasteiger partial charge in [-0.3, -0.25) is 0 Å². The van der Waals surface area contributed by atoms with E-state index in [9.17, 15) is 0 Å². The van der Waals surface area contributed by atoms with Crippen LogP contribution in [0.3, 0.4) is 0 Å². The van der Waals surface area contributed by atoms with E-state index in [1.807, 2.05) is 0 Å². The van der Waals surface area contributed by atoms with Crippen LogP contribution in [-0.2, 0) is 21.7 Å². The summed E-state index contributed by atoms with van der Waals surface area (Å²) in [5, 5.41) is 4.99. The summed E-state index contributed by atoms with van der Waals surface area (Å²) < 4.78 is 12.7. The molecule has 87 heavy (non-hydrogen) atoms. The second-order valence-electron chi connectivity index (χ2n) is 28.6. The number of hydrogen-bond acceptors (Lipinski definition) is 2. The van der Waals surface area contributed by atoms with Gasteiger partial charge in [0.25, 0.3) is 6.71 Å². The molecule has 5 heteroatoms. The van der Waals surface area contributed by atoms with E-state index in [1.54, 1.807) is 0 Å². The van der Waals surface area contributed by atoms with Gasteiger partial charge < -0.3 is 18.8 Å². The highest BCUT2D eigenvalue weighted by Gasteiger charge is 2.44. The van der Waals surface area contributed by atoms with Crippen LogP contribution in [0.1, 0.15) is 105 Å². The van der Waals surface area contributed by atoms with Gasteiger partial charge in [-0.2, -0.15) is 0 Å². The summed E-state index contributed by atoms with van der Waals surface area (Å²) >= 11 is 0. The fourth-order valence-electron chi connectivity index (χ4n) is 14.0. The van der Waals surface area contributed by atoms with Crippen LogP contribution < -0.4 is 26.0 Å². The lowest BCUT2D eigenvalue weighted by atomic mass is 9.34. The van der Waals surface area contributed by atoms with Crippen molar-refractivity contribution in [3.63, 3.8) is 0 Å². The molecule has 0 saturated heterocycles. The molecular formula is C82H74BN3O. The Balaban J connectivity index is 1.05. The minimum Gasteiger partial charge on any atom is -0.458 e. The molecule has 0 N–H and O–H groups in total. The lowest BCUT2D eigenvalue weighted by Crippen LogP contribution is -2.59. The number of para-hydroxylation sites is 1. The highest BCUT2D eigenvalue weighted by molar-refractivity contribution is 6.99. The third kappa shape index (κ3) is 8.94. The summed E-state index contributed by atoms with van der Waals surface area (Å²) in [4.78, 5) is 2.61. The number of nitrogens with zero attached hydrogens (tertiary/aromatic N) is 3. The van der Waals surface area contributed by atoms with E-state index >= 15 is 0 Å². The number of rotatable bonds is 6. The fourth-order valence-corrected chi connectivity index (χ4v) is 14.0. The molecular weight excluding hydrogens is 1050 g/mol. The summed E-state index contributed by atoms with van der Waals surface area (Å²) in [6.07, 6.45) is 0. The lowest BCUT2D eigenvalue weighted by Gasteiger charge is -2.42. The molecule has 0 atom stereocenters. The molecule has 426 valence electrons. The van der Waals surface area contributed by atoms with Crippen molar-refractivity contribution < 1.29 is 4.74 Å². The van der Waals surface area contributed by atoms with Crippen LogP contribution in [0.2, 0.25) is 0 Å². The molecule has 0 amide bonds. The number of benzene rings is 11. The Morgan fingerprint density at radius 1 is 0.310 bits per heavy atom. The van der Waals surface area contributed by atoms with Crippen LogP contribution in [0.5, 0.6) is 11.5 Å². The maximum atomic E-state index is 7.65. The molecule has 11 aromatic carbocycles. The standard InChI is InChI=1S/C82H74BN3O/c1-79(2,3)55-31-37-63-64-38-32-56(80(4,5)6)46-70(64)84(69(63)45-55)59-35-41-67-73(49-59)86(78-61(52-25-18-14-19-26-52)29-22-30-62(78)53-27-20-15-21-28-53)74-43-54(51-23-16-13-17-24-51)44-76-77(74)83(67)68-42-36-60(50-75(68)87-76)85-71-47-57(81(7,8)9)33-39-65(71)66-40-34-58(48-72(66)85)82(10,11)12/h13-50H,1-12H3. The Morgan fingerprint density at radius 3 is 1.14 bits per heavy atom. The quantitative estimate of drug-likeness (QED) is 0.155. The Kier molecular flexibility index (Phi) is 12.2. The Bertz CT molecular complexity index is 4720. The maximum absolute atomic E-state index is 7.65. The average Bonchev–Trinajstić information content (AvgIpc) is 0.990. The molecule has 0 fully saturated rings. The SMILES string of the molecule is CC(C)(C)c1ccc2c3ccc(C(C)(C)C)cc3n(-c3ccc4c(c3)Oc3cc(-c5ccccc5)cc5c3B4c3ccc(-n4c6cc(C(C)(C)C)ccc6c6ccc(C(C)(C)C)cc64)cc3N5c3c(-c4ccccc4)cccc3-c3ccccc3)c2c1. The van der Waals surface area contributed by atoms with E-state index in [-0.39, 0.29) is 28.4 Å². The van der Waals surface area contributed by atoms with Crippen molar-refractivity contribution in [2.24, 2.45) is 0 Å². The van der Waals surface area contributed by atoms with Gasteiger partial charge in [-0.05, 0) is 137 Å². The Morgan fingerprint density at radius 2 is 0.713 bits per heavy atom. The Hall–Kier alpha value is -9.32. The van der Waals surface area contributed by atoms with E-state index in [2.05, 4.69) is 328 Å². The lowest BCUT2D eigenvalue weighted by molar-refractivity contribution is 0.487. The number of fused-ring (bicyclic) bond motifs is 10. The summed E-state index contributed by atoms with van der Waals surface area (Å²) in [5.41, 5.74) is 25.6. The molecule has 0 spiro atoms.